The molecule has 0 atom stereocenters. The molecule has 0 heterocycles. The zero-order chi connectivity index (χ0) is 10.7. The lowest BCUT2D eigenvalue weighted by molar-refractivity contribution is -0.384. The molecule has 4 nitrogen and oxygen atoms in total. The highest BCUT2D eigenvalue weighted by Crippen LogP contribution is 2.25. The Hall–Kier alpha value is -1.65. The fraction of sp³-hybridized carbons (Fsp3) is 0.333. The largest absolute Gasteiger partial charge is 0.377 e. The van der Waals surface area contributed by atoms with Gasteiger partial charge >= 0.3 is 0 Å². The van der Waals surface area contributed by atoms with Crippen LogP contribution in [0.1, 0.15) is 13.8 Å². The summed E-state index contributed by atoms with van der Waals surface area (Å²) in [4.78, 5) is 9.95. The van der Waals surface area contributed by atoms with Gasteiger partial charge in [0.05, 0.1) is 11.0 Å². The third kappa shape index (κ3) is 2.42. The maximum Gasteiger partial charge on any atom is 0.295 e. The van der Waals surface area contributed by atoms with E-state index in [0.717, 1.165) is 6.07 Å². The summed E-state index contributed by atoms with van der Waals surface area (Å²) in [7, 11) is 0. The highest BCUT2D eigenvalue weighted by molar-refractivity contribution is 5.61. The van der Waals surface area contributed by atoms with E-state index in [0.29, 0.717) is 5.69 Å². The van der Waals surface area contributed by atoms with Crippen LogP contribution >= 0.6 is 0 Å². The molecule has 0 saturated heterocycles. The normalized spacial score (nSPS) is 10.3. The summed E-state index contributed by atoms with van der Waals surface area (Å²) in [6, 6.07) is 3.54. The van der Waals surface area contributed by atoms with Crippen molar-refractivity contribution in [1.29, 1.82) is 0 Å². The predicted molar refractivity (Wildman–Crippen MR) is 51.8 cm³/mol. The van der Waals surface area contributed by atoms with E-state index in [9.17, 15) is 14.5 Å². The van der Waals surface area contributed by atoms with Crippen LogP contribution in [0.5, 0.6) is 0 Å². The van der Waals surface area contributed by atoms with Crippen LogP contribution in [0.3, 0.4) is 0 Å². The second-order valence-electron chi connectivity index (χ2n) is 3.22. The first kappa shape index (κ1) is 10.4. The minimum absolute atomic E-state index is 0.0687. The van der Waals surface area contributed by atoms with Gasteiger partial charge in [-0.25, -0.2) is 4.39 Å². The van der Waals surface area contributed by atoms with Crippen LogP contribution in [0.25, 0.3) is 0 Å². The lowest BCUT2D eigenvalue weighted by Gasteiger charge is -2.09. The van der Waals surface area contributed by atoms with Gasteiger partial charge in [0.15, 0.2) is 0 Å². The van der Waals surface area contributed by atoms with Crippen molar-refractivity contribution in [3.63, 3.8) is 0 Å². The number of hydrogen-bond acceptors (Lipinski definition) is 3. The Balaban J connectivity index is 3.08. The van der Waals surface area contributed by atoms with Crippen molar-refractivity contribution in [2.24, 2.45) is 0 Å². The van der Waals surface area contributed by atoms with Gasteiger partial charge in [-0.1, -0.05) is 0 Å². The first-order chi connectivity index (χ1) is 6.50. The third-order valence-electron chi connectivity index (χ3n) is 1.60. The molecule has 0 amide bonds. The summed E-state index contributed by atoms with van der Waals surface area (Å²) >= 11 is 0. The van der Waals surface area contributed by atoms with E-state index in [1.165, 1.54) is 12.1 Å². The number of nitro groups is 1. The van der Waals surface area contributed by atoms with Crippen molar-refractivity contribution in [1.82, 2.24) is 0 Å². The van der Waals surface area contributed by atoms with Gasteiger partial charge in [0.1, 0.15) is 11.5 Å². The van der Waals surface area contributed by atoms with Gasteiger partial charge < -0.3 is 5.32 Å². The summed E-state index contributed by atoms with van der Waals surface area (Å²) < 4.78 is 12.7. The SMILES string of the molecule is CC(C)Nc1ccc(F)cc1[N+](=O)[O-]. The topological polar surface area (TPSA) is 55.2 Å². The van der Waals surface area contributed by atoms with Gasteiger partial charge in [-0.3, -0.25) is 10.1 Å². The monoisotopic (exact) mass is 198 g/mol. The summed E-state index contributed by atoms with van der Waals surface area (Å²) in [5.74, 6) is -0.606. The molecule has 0 aliphatic rings. The van der Waals surface area contributed by atoms with Crippen molar-refractivity contribution >= 4 is 11.4 Å². The fourth-order valence-electron chi connectivity index (χ4n) is 1.09. The van der Waals surface area contributed by atoms with Gasteiger partial charge in [-0.2, -0.15) is 0 Å². The summed E-state index contributed by atoms with van der Waals surface area (Å²) in [6.45, 7) is 3.71. The summed E-state index contributed by atoms with van der Waals surface area (Å²) in [5.41, 5.74) is 0.102. The Bertz CT molecular complexity index is 353. The van der Waals surface area contributed by atoms with Crippen molar-refractivity contribution in [3.8, 4) is 0 Å². The molecule has 0 bridgehead atoms. The molecule has 76 valence electrons. The van der Waals surface area contributed by atoms with E-state index in [1.54, 1.807) is 0 Å². The molecule has 0 unspecified atom stereocenters. The average Bonchev–Trinajstić information content (AvgIpc) is 2.07. The Morgan fingerprint density at radius 1 is 1.50 bits per heavy atom. The molecule has 5 heteroatoms. The van der Waals surface area contributed by atoms with Crippen LogP contribution in [-0.4, -0.2) is 11.0 Å². The third-order valence-corrected chi connectivity index (χ3v) is 1.60. The van der Waals surface area contributed by atoms with Crippen LogP contribution in [-0.2, 0) is 0 Å². The van der Waals surface area contributed by atoms with E-state index < -0.39 is 10.7 Å². The van der Waals surface area contributed by atoms with Crippen LogP contribution < -0.4 is 5.32 Å². The van der Waals surface area contributed by atoms with Gasteiger partial charge in [-0.05, 0) is 26.0 Å². The molecule has 1 rings (SSSR count). The molecule has 0 aliphatic heterocycles. The molecular formula is C9H11FN2O2. The number of nitro benzene ring substituents is 1. The Labute approximate surface area is 80.9 Å². The Morgan fingerprint density at radius 2 is 2.14 bits per heavy atom. The average molecular weight is 198 g/mol. The number of benzene rings is 1. The lowest BCUT2D eigenvalue weighted by atomic mass is 10.2. The molecule has 1 N–H and O–H groups in total. The number of nitrogens with zero attached hydrogens (tertiary/aromatic N) is 1. The molecule has 0 spiro atoms. The quantitative estimate of drug-likeness (QED) is 0.599. The maximum absolute atomic E-state index is 12.7. The molecule has 1 aromatic rings. The number of rotatable bonds is 3. The van der Waals surface area contributed by atoms with Crippen molar-refractivity contribution in [3.05, 3.63) is 34.1 Å². The number of anilines is 1. The lowest BCUT2D eigenvalue weighted by Crippen LogP contribution is -2.11. The van der Waals surface area contributed by atoms with Crippen molar-refractivity contribution in [2.45, 2.75) is 19.9 Å². The molecule has 0 aliphatic carbocycles. The van der Waals surface area contributed by atoms with E-state index in [-0.39, 0.29) is 11.7 Å². The van der Waals surface area contributed by atoms with E-state index in [4.69, 9.17) is 0 Å². The van der Waals surface area contributed by atoms with Crippen LogP contribution in [0, 0.1) is 15.9 Å². The van der Waals surface area contributed by atoms with Crippen LogP contribution in [0.4, 0.5) is 15.8 Å². The molecule has 0 saturated carbocycles. The van der Waals surface area contributed by atoms with E-state index >= 15 is 0 Å². The maximum atomic E-state index is 12.7. The second-order valence-corrected chi connectivity index (χ2v) is 3.22. The zero-order valence-electron chi connectivity index (χ0n) is 7.95. The highest BCUT2D eigenvalue weighted by Gasteiger charge is 2.14. The molecule has 0 radical (unpaired) electrons. The first-order valence-electron chi connectivity index (χ1n) is 4.21. The molecule has 1 aromatic carbocycles. The highest BCUT2D eigenvalue weighted by atomic mass is 19.1. The van der Waals surface area contributed by atoms with Crippen molar-refractivity contribution < 1.29 is 9.31 Å². The van der Waals surface area contributed by atoms with Gasteiger partial charge in [0.25, 0.3) is 5.69 Å². The second kappa shape index (κ2) is 4.04. The van der Waals surface area contributed by atoms with Gasteiger partial charge in [0.2, 0.25) is 0 Å². The molecule has 0 aromatic heterocycles. The molecular weight excluding hydrogens is 187 g/mol. The van der Waals surface area contributed by atoms with Gasteiger partial charge in [-0.15, -0.1) is 0 Å². The van der Waals surface area contributed by atoms with E-state index in [2.05, 4.69) is 5.32 Å². The zero-order valence-corrected chi connectivity index (χ0v) is 7.95. The Kier molecular flexibility index (Phi) is 3.01. The van der Waals surface area contributed by atoms with Gasteiger partial charge in [0, 0.05) is 6.04 Å². The smallest absolute Gasteiger partial charge is 0.295 e. The first-order valence-corrected chi connectivity index (χ1v) is 4.21. The predicted octanol–water partition coefficient (Wildman–Crippen LogP) is 2.55. The minimum atomic E-state index is -0.606. The number of halogens is 1. The fourth-order valence-corrected chi connectivity index (χ4v) is 1.09. The van der Waals surface area contributed by atoms with Crippen molar-refractivity contribution in [2.75, 3.05) is 5.32 Å². The number of hydrogen-bond donors (Lipinski definition) is 1. The summed E-state index contributed by atoms with van der Waals surface area (Å²) in [6.07, 6.45) is 0. The Morgan fingerprint density at radius 3 is 2.64 bits per heavy atom. The van der Waals surface area contributed by atoms with Crippen LogP contribution in [0.2, 0.25) is 0 Å². The molecule has 14 heavy (non-hydrogen) atoms. The number of nitrogens with one attached hydrogen (secondary N) is 1. The van der Waals surface area contributed by atoms with E-state index in [1.807, 2.05) is 13.8 Å². The standard InChI is InChI=1S/C9H11FN2O2/c1-6(2)11-8-4-3-7(10)5-9(8)12(13)14/h3-6,11H,1-2H3. The summed E-state index contributed by atoms with van der Waals surface area (Å²) in [5, 5.41) is 13.4. The van der Waals surface area contributed by atoms with Crippen LogP contribution in [0.15, 0.2) is 18.2 Å². The molecule has 0 fully saturated rings. The minimum Gasteiger partial charge on any atom is -0.377 e.